The van der Waals surface area contributed by atoms with Crippen LogP contribution in [0.5, 0.6) is 0 Å². The summed E-state index contributed by atoms with van der Waals surface area (Å²) in [5.41, 5.74) is 0. The molecule has 0 radical (unpaired) electrons. The lowest BCUT2D eigenvalue weighted by molar-refractivity contribution is -0.139. The second kappa shape index (κ2) is 8.60. The molecule has 0 aliphatic carbocycles. The Kier molecular flexibility index (Phi) is 8.21. The van der Waals surface area contributed by atoms with Crippen LogP contribution in [-0.2, 0) is 9.53 Å². The Morgan fingerprint density at radius 1 is 1.53 bits per heavy atom. The van der Waals surface area contributed by atoms with E-state index >= 15 is 0 Å². The molecule has 0 amide bonds. The van der Waals surface area contributed by atoms with E-state index in [1.807, 2.05) is 0 Å². The van der Waals surface area contributed by atoms with Crippen LogP contribution in [-0.4, -0.2) is 60.3 Å². The van der Waals surface area contributed by atoms with E-state index in [2.05, 4.69) is 5.32 Å². The summed E-state index contributed by atoms with van der Waals surface area (Å²) in [7, 11) is 1.54. The molecular weight excluding hydrogens is 202 g/mol. The maximum absolute atomic E-state index is 10.3. The van der Waals surface area contributed by atoms with Gasteiger partial charge in [-0.1, -0.05) is 0 Å². The van der Waals surface area contributed by atoms with Gasteiger partial charge in [-0.2, -0.15) is 0 Å². The molecule has 0 spiro atoms. The van der Waals surface area contributed by atoms with Gasteiger partial charge in [-0.05, 0) is 6.42 Å². The number of carboxylic acid groups (broad SMARTS) is 1. The largest absolute Gasteiger partial charge is 0.481 e. The van der Waals surface area contributed by atoms with E-state index in [0.29, 0.717) is 13.0 Å². The fourth-order valence-electron chi connectivity index (χ4n) is 1.18. The molecule has 4 N–H and O–H groups in total. The average Bonchev–Trinajstić information content (AvgIpc) is 2.14. The first-order chi connectivity index (χ1) is 7.10. The molecule has 0 saturated heterocycles. The first-order valence-corrected chi connectivity index (χ1v) is 4.83. The molecule has 0 fully saturated rings. The molecule has 0 aromatic carbocycles. The number of rotatable bonds is 9. The number of methoxy groups -OCH3 is 1. The lowest BCUT2D eigenvalue weighted by Gasteiger charge is -2.18. The van der Waals surface area contributed by atoms with Crippen LogP contribution < -0.4 is 5.32 Å². The highest BCUT2D eigenvalue weighted by atomic mass is 16.5. The summed E-state index contributed by atoms with van der Waals surface area (Å²) in [5, 5.41) is 29.3. The fraction of sp³-hybridized carbons (Fsp3) is 0.889. The Bertz CT molecular complexity index is 170. The van der Waals surface area contributed by atoms with Crippen molar-refractivity contribution in [1.29, 1.82) is 0 Å². The molecule has 2 atom stereocenters. The molecule has 0 aromatic heterocycles. The third-order valence-electron chi connectivity index (χ3n) is 1.90. The van der Waals surface area contributed by atoms with Crippen LogP contribution in [0.4, 0.5) is 0 Å². The topological polar surface area (TPSA) is 99.0 Å². The zero-order valence-electron chi connectivity index (χ0n) is 8.85. The maximum atomic E-state index is 10.3. The Balaban J connectivity index is 3.71. The summed E-state index contributed by atoms with van der Waals surface area (Å²) in [5.74, 6) is -1.03. The summed E-state index contributed by atoms with van der Waals surface area (Å²) in [6.07, 6.45) is -0.694. The SMILES string of the molecule is COCC(CCO)NCC(O)CC(=O)O. The summed E-state index contributed by atoms with van der Waals surface area (Å²) in [4.78, 5) is 10.3. The van der Waals surface area contributed by atoms with Crippen molar-refractivity contribution in [3.8, 4) is 0 Å². The van der Waals surface area contributed by atoms with Gasteiger partial charge < -0.3 is 25.4 Å². The summed E-state index contributed by atoms with van der Waals surface area (Å²) < 4.78 is 4.90. The normalized spacial score (nSPS) is 14.9. The summed E-state index contributed by atoms with van der Waals surface area (Å²) >= 11 is 0. The highest BCUT2D eigenvalue weighted by Gasteiger charge is 2.12. The highest BCUT2D eigenvalue weighted by Crippen LogP contribution is 1.95. The van der Waals surface area contributed by atoms with Crippen molar-refractivity contribution in [1.82, 2.24) is 5.32 Å². The van der Waals surface area contributed by atoms with Gasteiger partial charge in [0.25, 0.3) is 0 Å². The number of aliphatic hydroxyl groups excluding tert-OH is 2. The van der Waals surface area contributed by atoms with E-state index in [-0.39, 0.29) is 25.6 Å². The average molecular weight is 221 g/mol. The summed E-state index contributed by atoms with van der Waals surface area (Å²) in [6, 6.07) is -0.0663. The monoisotopic (exact) mass is 221 g/mol. The van der Waals surface area contributed by atoms with Crippen molar-refractivity contribution < 1.29 is 24.9 Å². The predicted octanol–water partition coefficient (Wildman–Crippen LogP) is -1.19. The minimum Gasteiger partial charge on any atom is -0.481 e. The van der Waals surface area contributed by atoms with Crippen molar-refractivity contribution >= 4 is 5.97 Å². The fourth-order valence-corrected chi connectivity index (χ4v) is 1.18. The van der Waals surface area contributed by atoms with Gasteiger partial charge in [-0.15, -0.1) is 0 Å². The number of aliphatic hydroxyl groups is 2. The molecule has 2 unspecified atom stereocenters. The van der Waals surface area contributed by atoms with E-state index in [0.717, 1.165) is 0 Å². The quantitative estimate of drug-likeness (QED) is 0.391. The van der Waals surface area contributed by atoms with Crippen LogP contribution in [0.1, 0.15) is 12.8 Å². The second-order valence-corrected chi connectivity index (χ2v) is 3.32. The Labute approximate surface area is 88.9 Å². The third-order valence-corrected chi connectivity index (χ3v) is 1.90. The number of nitrogens with one attached hydrogen (secondary N) is 1. The Morgan fingerprint density at radius 2 is 2.20 bits per heavy atom. The molecule has 0 aliphatic heterocycles. The smallest absolute Gasteiger partial charge is 0.306 e. The highest BCUT2D eigenvalue weighted by molar-refractivity contribution is 5.67. The minimum absolute atomic E-state index is 0.0239. The molecule has 6 nitrogen and oxygen atoms in total. The number of aliphatic carboxylic acids is 1. The van der Waals surface area contributed by atoms with Crippen molar-refractivity contribution in [3.05, 3.63) is 0 Å². The van der Waals surface area contributed by atoms with Crippen LogP contribution in [0.2, 0.25) is 0 Å². The first kappa shape index (κ1) is 14.3. The molecule has 0 saturated carbocycles. The van der Waals surface area contributed by atoms with Gasteiger partial charge in [0, 0.05) is 26.3 Å². The van der Waals surface area contributed by atoms with Crippen molar-refractivity contribution in [2.45, 2.75) is 25.0 Å². The number of ether oxygens (including phenoxy) is 1. The number of hydrogen-bond acceptors (Lipinski definition) is 5. The Morgan fingerprint density at radius 3 is 2.67 bits per heavy atom. The molecule has 0 bridgehead atoms. The van der Waals surface area contributed by atoms with Gasteiger partial charge in [-0.3, -0.25) is 4.79 Å². The maximum Gasteiger partial charge on any atom is 0.306 e. The van der Waals surface area contributed by atoms with Crippen LogP contribution in [0, 0.1) is 0 Å². The van der Waals surface area contributed by atoms with Crippen LogP contribution in [0.3, 0.4) is 0 Å². The van der Waals surface area contributed by atoms with E-state index < -0.39 is 12.1 Å². The Hall–Kier alpha value is -0.690. The standard InChI is InChI=1S/C9H19NO5/c1-15-6-7(2-3-11)10-5-8(12)4-9(13)14/h7-8,10-12H,2-6H2,1H3,(H,13,14). The van der Waals surface area contributed by atoms with Crippen LogP contribution in [0.25, 0.3) is 0 Å². The summed E-state index contributed by atoms with van der Waals surface area (Å²) in [6.45, 7) is 0.622. The van der Waals surface area contributed by atoms with Crippen LogP contribution >= 0.6 is 0 Å². The molecule has 0 heterocycles. The molecule has 0 rings (SSSR count). The van der Waals surface area contributed by atoms with Crippen molar-refractivity contribution in [2.75, 3.05) is 26.9 Å². The molecule has 6 heteroatoms. The molecule has 90 valence electrons. The molecular formula is C9H19NO5. The van der Waals surface area contributed by atoms with Gasteiger partial charge in [0.1, 0.15) is 0 Å². The van der Waals surface area contributed by atoms with E-state index in [4.69, 9.17) is 14.9 Å². The molecule has 0 aromatic rings. The van der Waals surface area contributed by atoms with Gasteiger partial charge in [0.2, 0.25) is 0 Å². The van der Waals surface area contributed by atoms with Gasteiger partial charge in [0.05, 0.1) is 19.1 Å². The van der Waals surface area contributed by atoms with E-state index in [1.54, 1.807) is 7.11 Å². The predicted molar refractivity (Wildman–Crippen MR) is 53.6 cm³/mol. The van der Waals surface area contributed by atoms with Gasteiger partial charge in [-0.25, -0.2) is 0 Å². The zero-order valence-corrected chi connectivity index (χ0v) is 8.85. The van der Waals surface area contributed by atoms with Gasteiger partial charge >= 0.3 is 5.97 Å². The lowest BCUT2D eigenvalue weighted by atomic mass is 10.2. The molecule has 0 aliphatic rings. The third kappa shape index (κ3) is 8.31. The first-order valence-electron chi connectivity index (χ1n) is 4.83. The second-order valence-electron chi connectivity index (χ2n) is 3.32. The number of carboxylic acids is 1. The number of hydrogen-bond donors (Lipinski definition) is 4. The molecule has 15 heavy (non-hydrogen) atoms. The van der Waals surface area contributed by atoms with Gasteiger partial charge in [0.15, 0.2) is 0 Å². The van der Waals surface area contributed by atoms with Crippen molar-refractivity contribution in [3.63, 3.8) is 0 Å². The lowest BCUT2D eigenvalue weighted by Crippen LogP contribution is -2.39. The zero-order chi connectivity index (χ0) is 11.7. The van der Waals surface area contributed by atoms with Crippen molar-refractivity contribution in [2.24, 2.45) is 0 Å². The van der Waals surface area contributed by atoms with E-state index in [1.165, 1.54) is 0 Å². The number of carbonyl (C=O) groups is 1. The van der Waals surface area contributed by atoms with E-state index in [9.17, 15) is 9.90 Å². The minimum atomic E-state index is -1.03. The van der Waals surface area contributed by atoms with Crippen LogP contribution in [0.15, 0.2) is 0 Å².